The highest BCUT2D eigenvalue weighted by Gasteiger charge is 2.25. The molecule has 1 heterocycles. The van der Waals surface area contributed by atoms with Gasteiger partial charge in [0.25, 0.3) is 5.91 Å². The summed E-state index contributed by atoms with van der Waals surface area (Å²) < 4.78 is 11.6. The number of benzene rings is 2. The van der Waals surface area contributed by atoms with Crippen LogP contribution >= 0.6 is 0 Å². The minimum Gasteiger partial charge on any atom is -0.486 e. The molecule has 1 aliphatic heterocycles. The highest BCUT2D eigenvalue weighted by molar-refractivity contribution is 5.94. The number of hydrogen-bond donors (Lipinski definition) is 0. The summed E-state index contributed by atoms with van der Waals surface area (Å²) >= 11 is 0. The van der Waals surface area contributed by atoms with Gasteiger partial charge in [-0.05, 0) is 24.3 Å². The van der Waals surface area contributed by atoms with E-state index >= 15 is 0 Å². The first kappa shape index (κ1) is 15.9. The van der Waals surface area contributed by atoms with Crippen molar-refractivity contribution in [3.8, 4) is 17.6 Å². The summed E-state index contributed by atoms with van der Waals surface area (Å²) in [4.78, 5) is 14.3. The van der Waals surface area contributed by atoms with E-state index in [1.807, 2.05) is 42.5 Å². The van der Waals surface area contributed by atoms with Crippen molar-refractivity contribution in [2.24, 2.45) is 0 Å². The third-order valence-corrected chi connectivity index (χ3v) is 3.79. The van der Waals surface area contributed by atoms with Crippen molar-refractivity contribution in [3.63, 3.8) is 0 Å². The Kier molecular flexibility index (Phi) is 4.97. The molecule has 5 nitrogen and oxygen atoms in total. The second kappa shape index (κ2) is 7.51. The van der Waals surface area contributed by atoms with Crippen LogP contribution in [0.15, 0.2) is 54.6 Å². The van der Waals surface area contributed by atoms with Gasteiger partial charge in [-0.15, -0.1) is 0 Å². The number of nitrogens with zero attached hydrogens (tertiary/aromatic N) is 2. The van der Waals surface area contributed by atoms with Gasteiger partial charge < -0.3 is 14.4 Å². The number of carbonyl (C=O) groups is 1. The van der Waals surface area contributed by atoms with Gasteiger partial charge in [0.05, 0.1) is 19.0 Å². The van der Waals surface area contributed by atoms with E-state index in [-0.39, 0.29) is 18.4 Å². The summed E-state index contributed by atoms with van der Waals surface area (Å²) in [6.07, 6.45) is 0.0224. The lowest BCUT2D eigenvalue weighted by Gasteiger charge is -2.31. The van der Waals surface area contributed by atoms with E-state index in [0.29, 0.717) is 36.8 Å². The molecule has 0 aromatic heterocycles. The van der Waals surface area contributed by atoms with Gasteiger partial charge in [-0.1, -0.05) is 30.3 Å². The zero-order valence-electron chi connectivity index (χ0n) is 13.2. The van der Waals surface area contributed by atoms with Gasteiger partial charge in [-0.3, -0.25) is 4.79 Å². The fourth-order valence-electron chi connectivity index (χ4n) is 2.62. The van der Waals surface area contributed by atoms with Crippen LogP contribution in [0.1, 0.15) is 16.8 Å². The van der Waals surface area contributed by atoms with Crippen molar-refractivity contribution < 1.29 is 14.3 Å². The Morgan fingerprint density at radius 1 is 1.12 bits per heavy atom. The van der Waals surface area contributed by atoms with Crippen LogP contribution < -0.4 is 9.47 Å². The number of para-hydroxylation sites is 2. The lowest BCUT2D eigenvalue weighted by Crippen LogP contribution is -2.44. The van der Waals surface area contributed by atoms with E-state index in [1.54, 1.807) is 17.0 Å². The third-order valence-electron chi connectivity index (χ3n) is 3.79. The van der Waals surface area contributed by atoms with Gasteiger partial charge in [-0.2, -0.15) is 5.26 Å². The zero-order valence-corrected chi connectivity index (χ0v) is 13.2. The zero-order chi connectivity index (χ0) is 16.8. The monoisotopic (exact) mass is 322 g/mol. The van der Waals surface area contributed by atoms with Crippen molar-refractivity contribution in [1.29, 1.82) is 5.26 Å². The van der Waals surface area contributed by atoms with Crippen LogP contribution in [0.25, 0.3) is 0 Å². The maximum atomic E-state index is 12.7. The molecule has 1 amide bonds. The molecule has 0 N–H and O–H groups in total. The van der Waals surface area contributed by atoms with E-state index in [2.05, 4.69) is 6.07 Å². The molecule has 0 spiro atoms. The molecule has 1 atom stereocenters. The SMILES string of the molecule is N#CCCN(C[C@H]1COc2ccccc2O1)C(=O)c1ccccc1. The molecule has 0 fully saturated rings. The van der Waals surface area contributed by atoms with E-state index in [1.165, 1.54) is 0 Å². The number of fused-ring (bicyclic) bond motifs is 1. The first-order chi connectivity index (χ1) is 11.8. The van der Waals surface area contributed by atoms with Gasteiger partial charge in [0.15, 0.2) is 17.6 Å². The van der Waals surface area contributed by atoms with Crippen LogP contribution in [0.5, 0.6) is 11.5 Å². The Morgan fingerprint density at radius 2 is 1.83 bits per heavy atom. The normalized spacial score (nSPS) is 15.4. The predicted molar refractivity (Wildman–Crippen MR) is 88.9 cm³/mol. The molecule has 2 aromatic carbocycles. The van der Waals surface area contributed by atoms with Crippen LogP contribution in [-0.2, 0) is 0 Å². The summed E-state index contributed by atoms with van der Waals surface area (Å²) in [6, 6.07) is 18.6. The van der Waals surface area contributed by atoms with Crippen molar-refractivity contribution in [3.05, 3.63) is 60.2 Å². The fraction of sp³-hybridized carbons (Fsp3) is 0.263. The average Bonchev–Trinajstić information content (AvgIpc) is 2.65. The Labute approximate surface area is 141 Å². The van der Waals surface area contributed by atoms with E-state index in [0.717, 1.165) is 0 Å². The van der Waals surface area contributed by atoms with Crippen LogP contribution in [0.2, 0.25) is 0 Å². The van der Waals surface area contributed by atoms with Crippen molar-refractivity contribution in [2.45, 2.75) is 12.5 Å². The molecular weight excluding hydrogens is 304 g/mol. The second-order valence-electron chi connectivity index (χ2n) is 5.52. The molecule has 0 saturated carbocycles. The Balaban J connectivity index is 1.71. The average molecular weight is 322 g/mol. The number of hydrogen-bond acceptors (Lipinski definition) is 4. The van der Waals surface area contributed by atoms with Crippen molar-refractivity contribution in [1.82, 2.24) is 4.90 Å². The van der Waals surface area contributed by atoms with Crippen LogP contribution in [0, 0.1) is 11.3 Å². The predicted octanol–water partition coefficient (Wildman–Crippen LogP) is 2.88. The molecule has 0 aliphatic carbocycles. The molecule has 122 valence electrons. The minimum atomic E-state index is -0.258. The van der Waals surface area contributed by atoms with Crippen molar-refractivity contribution in [2.75, 3.05) is 19.7 Å². The third kappa shape index (κ3) is 3.66. The lowest BCUT2D eigenvalue weighted by molar-refractivity contribution is 0.0467. The maximum Gasteiger partial charge on any atom is 0.254 e. The smallest absolute Gasteiger partial charge is 0.254 e. The Morgan fingerprint density at radius 3 is 2.58 bits per heavy atom. The summed E-state index contributed by atoms with van der Waals surface area (Å²) in [5, 5.41) is 8.86. The van der Waals surface area contributed by atoms with Crippen LogP contribution in [0.4, 0.5) is 0 Å². The van der Waals surface area contributed by atoms with Gasteiger partial charge >= 0.3 is 0 Å². The van der Waals surface area contributed by atoms with E-state index < -0.39 is 0 Å². The molecule has 0 unspecified atom stereocenters. The summed E-state index contributed by atoms with van der Waals surface area (Å²) in [7, 11) is 0. The summed E-state index contributed by atoms with van der Waals surface area (Å²) in [5.41, 5.74) is 0.604. The second-order valence-corrected chi connectivity index (χ2v) is 5.52. The summed E-state index contributed by atoms with van der Waals surface area (Å²) in [5.74, 6) is 1.29. The number of ether oxygens (including phenoxy) is 2. The van der Waals surface area contributed by atoms with E-state index in [4.69, 9.17) is 14.7 Å². The van der Waals surface area contributed by atoms with Gasteiger partial charge in [0, 0.05) is 12.1 Å². The van der Waals surface area contributed by atoms with E-state index in [9.17, 15) is 4.79 Å². The number of nitriles is 1. The quantitative estimate of drug-likeness (QED) is 0.849. The standard InChI is InChI=1S/C19H18N2O3/c20-11-6-12-21(19(22)15-7-2-1-3-8-15)13-16-14-23-17-9-4-5-10-18(17)24-16/h1-5,7-10,16H,6,12-14H2/t16-/m0/s1. The fourth-order valence-corrected chi connectivity index (χ4v) is 2.62. The molecular formula is C19H18N2O3. The van der Waals surface area contributed by atoms with Gasteiger partial charge in [0.1, 0.15) is 6.61 Å². The molecule has 1 aliphatic rings. The number of carbonyl (C=O) groups excluding carboxylic acids is 1. The minimum absolute atomic E-state index is 0.103. The molecule has 24 heavy (non-hydrogen) atoms. The maximum absolute atomic E-state index is 12.7. The lowest BCUT2D eigenvalue weighted by atomic mass is 10.1. The van der Waals surface area contributed by atoms with Gasteiger partial charge in [-0.25, -0.2) is 0 Å². The molecule has 3 rings (SSSR count). The largest absolute Gasteiger partial charge is 0.486 e. The Bertz CT molecular complexity index is 740. The molecule has 2 aromatic rings. The molecule has 5 heteroatoms. The first-order valence-corrected chi connectivity index (χ1v) is 7.87. The van der Waals surface area contributed by atoms with Crippen LogP contribution in [-0.4, -0.2) is 36.6 Å². The van der Waals surface area contributed by atoms with Crippen molar-refractivity contribution >= 4 is 5.91 Å². The first-order valence-electron chi connectivity index (χ1n) is 7.87. The number of rotatable bonds is 5. The highest BCUT2D eigenvalue weighted by Crippen LogP contribution is 2.31. The summed E-state index contributed by atoms with van der Waals surface area (Å²) in [6.45, 7) is 1.12. The van der Waals surface area contributed by atoms with Gasteiger partial charge in [0.2, 0.25) is 0 Å². The molecule has 0 bridgehead atoms. The molecule has 0 radical (unpaired) electrons. The van der Waals surface area contributed by atoms with Crippen LogP contribution in [0.3, 0.4) is 0 Å². The number of amides is 1. The Hall–Kier alpha value is -3.00. The molecule has 0 saturated heterocycles. The topological polar surface area (TPSA) is 62.6 Å². The highest BCUT2D eigenvalue weighted by atomic mass is 16.6.